The normalized spacial score (nSPS) is 12.2. The minimum atomic E-state index is -0.610. The van der Waals surface area contributed by atoms with Gasteiger partial charge in [-0.05, 0) is 54.7 Å². The van der Waals surface area contributed by atoms with Crippen LogP contribution in [0.15, 0.2) is 54.6 Å². The van der Waals surface area contributed by atoms with E-state index in [1.54, 1.807) is 0 Å². The molecule has 134 valence electrons. The van der Waals surface area contributed by atoms with Crippen LogP contribution < -0.4 is 5.32 Å². The summed E-state index contributed by atoms with van der Waals surface area (Å²) in [5, 5.41) is 15.7. The molecule has 0 saturated carbocycles. The van der Waals surface area contributed by atoms with E-state index in [-0.39, 0.29) is 5.91 Å². The van der Waals surface area contributed by atoms with Gasteiger partial charge in [0.2, 0.25) is 0 Å². The summed E-state index contributed by atoms with van der Waals surface area (Å²) in [6, 6.07) is 18.0. The minimum Gasteiger partial charge on any atom is -0.388 e. The molecule has 1 amide bonds. The van der Waals surface area contributed by atoms with E-state index in [9.17, 15) is 9.90 Å². The van der Waals surface area contributed by atoms with Crippen LogP contribution >= 0.6 is 0 Å². The van der Waals surface area contributed by atoms with E-state index in [1.807, 2.05) is 75.4 Å². The van der Waals surface area contributed by atoms with Gasteiger partial charge in [-0.2, -0.15) is 0 Å². The molecule has 1 unspecified atom stereocenters. The minimum absolute atomic E-state index is 0.0786. The van der Waals surface area contributed by atoms with Crippen molar-refractivity contribution in [2.75, 3.05) is 6.54 Å². The van der Waals surface area contributed by atoms with E-state index in [1.165, 1.54) is 0 Å². The summed E-state index contributed by atoms with van der Waals surface area (Å²) in [6.07, 6.45) is -0.134. The average molecular weight is 347 g/mol. The summed E-state index contributed by atoms with van der Waals surface area (Å²) in [5.74, 6) is -0.0786. The second-order valence-corrected chi connectivity index (χ2v) is 6.90. The fraction of sp³-hybridized carbons (Fsp3) is 0.261. The van der Waals surface area contributed by atoms with Gasteiger partial charge < -0.3 is 10.4 Å². The lowest BCUT2D eigenvalue weighted by atomic mass is 9.98. The van der Waals surface area contributed by atoms with Gasteiger partial charge in [0.05, 0.1) is 6.10 Å². The maximum absolute atomic E-state index is 12.5. The number of carbonyl (C=O) groups is 1. The Morgan fingerprint density at radius 3 is 2.38 bits per heavy atom. The zero-order valence-corrected chi connectivity index (χ0v) is 15.5. The van der Waals surface area contributed by atoms with Crippen LogP contribution in [0.3, 0.4) is 0 Å². The van der Waals surface area contributed by atoms with Crippen molar-refractivity contribution in [1.29, 1.82) is 0 Å². The molecule has 0 aliphatic carbocycles. The number of aryl methyl sites for hydroxylation is 3. The third-order valence-corrected chi connectivity index (χ3v) is 4.79. The smallest absolute Gasteiger partial charge is 0.251 e. The lowest BCUT2D eigenvalue weighted by Gasteiger charge is -2.15. The molecule has 26 heavy (non-hydrogen) atoms. The molecule has 0 fully saturated rings. The van der Waals surface area contributed by atoms with E-state index >= 15 is 0 Å². The average Bonchev–Trinajstić information content (AvgIpc) is 2.60. The third-order valence-electron chi connectivity index (χ3n) is 4.79. The number of hydrogen-bond donors (Lipinski definition) is 2. The van der Waals surface area contributed by atoms with Crippen molar-refractivity contribution in [3.8, 4) is 0 Å². The summed E-state index contributed by atoms with van der Waals surface area (Å²) >= 11 is 0. The van der Waals surface area contributed by atoms with Crippen molar-refractivity contribution in [3.63, 3.8) is 0 Å². The number of rotatable bonds is 5. The summed E-state index contributed by atoms with van der Waals surface area (Å²) in [4.78, 5) is 12.5. The number of aliphatic hydroxyl groups is 1. The molecule has 0 aliphatic heterocycles. The Hall–Kier alpha value is -2.65. The highest BCUT2D eigenvalue weighted by molar-refractivity contribution is 5.97. The predicted molar refractivity (Wildman–Crippen MR) is 107 cm³/mol. The van der Waals surface area contributed by atoms with E-state index in [0.717, 1.165) is 38.6 Å². The van der Waals surface area contributed by atoms with Gasteiger partial charge in [-0.3, -0.25) is 4.79 Å². The summed E-state index contributed by atoms with van der Waals surface area (Å²) < 4.78 is 0. The van der Waals surface area contributed by atoms with Crippen LogP contribution in [0.5, 0.6) is 0 Å². The Kier molecular flexibility index (Phi) is 5.38. The Morgan fingerprint density at radius 2 is 1.65 bits per heavy atom. The summed E-state index contributed by atoms with van der Waals surface area (Å²) in [5.41, 5.74) is 4.75. The SMILES string of the molecule is Cc1cc(C)c(C(=O)NCCC(O)c2cccc3ccccc23)c(C)c1. The first-order chi connectivity index (χ1) is 12.5. The highest BCUT2D eigenvalue weighted by Gasteiger charge is 2.14. The van der Waals surface area contributed by atoms with E-state index in [0.29, 0.717) is 13.0 Å². The van der Waals surface area contributed by atoms with E-state index in [4.69, 9.17) is 0 Å². The Bertz CT molecular complexity index is 918. The maximum atomic E-state index is 12.5. The van der Waals surface area contributed by atoms with Crippen molar-refractivity contribution in [2.24, 2.45) is 0 Å². The second kappa shape index (κ2) is 7.71. The van der Waals surface area contributed by atoms with E-state index in [2.05, 4.69) is 5.32 Å². The lowest BCUT2D eigenvalue weighted by molar-refractivity contribution is 0.0941. The van der Waals surface area contributed by atoms with Crippen molar-refractivity contribution in [3.05, 3.63) is 82.4 Å². The van der Waals surface area contributed by atoms with Crippen molar-refractivity contribution >= 4 is 16.7 Å². The number of benzene rings is 3. The maximum Gasteiger partial charge on any atom is 0.251 e. The number of amides is 1. The lowest BCUT2D eigenvalue weighted by Crippen LogP contribution is -2.27. The van der Waals surface area contributed by atoms with Gasteiger partial charge in [-0.25, -0.2) is 0 Å². The van der Waals surface area contributed by atoms with Crippen LogP contribution in [0.25, 0.3) is 10.8 Å². The molecule has 0 radical (unpaired) electrons. The number of hydrogen-bond acceptors (Lipinski definition) is 2. The molecule has 3 rings (SSSR count). The number of fused-ring (bicyclic) bond motifs is 1. The Morgan fingerprint density at radius 1 is 1.00 bits per heavy atom. The summed E-state index contributed by atoms with van der Waals surface area (Å²) in [7, 11) is 0. The van der Waals surface area contributed by atoms with Gasteiger partial charge in [0.1, 0.15) is 0 Å². The van der Waals surface area contributed by atoms with E-state index < -0.39 is 6.10 Å². The predicted octanol–water partition coefficient (Wildman–Crippen LogP) is 4.62. The van der Waals surface area contributed by atoms with Crippen molar-refractivity contribution < 1.29 is 9.90 Å². The van der Waals surface area contributed by atoms with Gasteiger partial charge >= 0.3 is 0 Å². The van der Waals surface area contributed by atoms with Crippen molar-refractivity contribution in [2.45, 2.75) is 33.3 Å². The first kappa shape index (κ1) is 18.2. The third kappa shape index (κ3) is 3.78. The number of aliphatic hydroxyl groups excluding tert-OH is 1. The molecule has 1 atom stereocenters. The zero-order chi connectivity index (χ0) is 18.7. The van der Waals surface area contributed by atoms with Crippen LogP contribution in [-0.4, -0.2) is 17.6 Å². The first-order valence-corrected chi connectivity index (χ1v) is 8.99. The quantitative estimate of drug-likeness (QED) is 0.707. The molecule has 2 N–H and O–H groups in total. The highest BCUT2D eigenvalue weighted by Crippen LogP contribution is 2.26. The van der Waals surface area contributed by atoms with Gasteiger partial charge in [-0.15, -0.1) is 0 Å². The monoisotopic (exact) mass is 347 g/mol. The van der Waals surface area contributed by atoms with Gasteiger partial charge in [0.15, 0.2) is 0 Å². The Balaban J connectivity index is 1.67. The standard InChI is InChI=1S/C23H25NO2/c1-15-13-16(2)22(17(3)14-15)23(26)24-12-11-21(25)20-10-6-8-18-7-4-5-9-19(18)20/h4-10,13-14,21,25H,11-12H2,1-3H3,(H,24,26). The zero-order valence-electron chi connectivity index (χ0n) is 15.5. The van der Waals surface area contributed by atoms with Crippen LogP contribution in [0.2, 0.25) is 0 Å². The molecule has 0 heterocycles. The fourth-order valence-corrected chi connectivity index (χ4v) is 3.65. The molecule has 0 aromatic heterocycles. The van der Waals surface area contributed by atoms with Gasteiger partial charge in [-0.1, -0.05) is 60.2 Å². The molecule has 0 aliphatic rings. The number of nitrogens with one attached hydrogen (secondary N) is 1. The fourth-order valence-electron chi connectivity index (χ4n) is 3.65. The molecule has 0 saturated heterocycles. The van der Waals surface area contributed by atoms with Crippen LogP contribution in [0.4, 0.5) is 0 Å². The molecule has 3 nitrogen and oxygen atoms in total. The van der Waals surface area contributed by atoms with Gasteiger partial charge in [0, 0.05) is 12.1 Å². The molecule has 3 heteroatoms. The topological polar surface area (TPSA) is 49.3 Å². The van der Waals surface area contributed by atoms with Crippen LogP contribution in [-0.2, 0) is 0 Å². The second-order valence-electron chi connectivity index (χ2n) is 6.90. The van der Waals surface area contributed by atoms with Crippen LogP contribution in [0, 0.1) is 20.8 Å². The molecule has 3 aromatic rings. The molecule has 0 bridgehead atoms. The van der Waals surface area contributed by atoms with Crippen LogP contribution in [0.1, 0.15) is 45.1 Å². The summed E-state index contributed by atoms with van der Waals surface area (Å²) in [6.45, 7) is 6.37. The largest absolute Gasteiger partial charge is 0.388 e. The number of carbonyl (C=O) groups excluding carboxylic acids is 1. The van der Waals surface area contributed by atoms with Crippen molar-refractivity contribution in [1.82, 2.24) is 5.32 Å². The van der Waals surface area contributed by atoms with Gasteiger partial charge in [0.25, 0.3) is 5.91 Å². The molecular weight excluding hydrogens is 322 g/mol. The highest BCUT2D eigenvalue weighted by atomic mass is 16.3. The Labute approximate surface area is 154 Å². The first-order valence-electron chi connectivity index (χ1n) is 8.99. The molecule has 0 spiro atoms. The molecular formula is C23H25NO2. The molecule has 3 aromatic carbocycles.